The van der Waals surface area contributed by atoms with E-state index in [0.717, 1.165) is 0 Å². The standard InChI is InChI=1S/C13H20O5/c1-10(12(15)16)7-5-9-18-13(17)11(2)6-3-4-8-14/h6-7,14H,3-5,8-9H2,1-2H3,(H,15,16). The highest BCUT2D eigenvalue weighted by Crippen LogP contribution is 2.02. The van der Waals surface area contributed by atoms with Crippen LogP contribution in [0, 0.1) is 0 Å². The van der Waals surface area contributed by atoms with Gasteiger partial charge in [-0.1, -0.05) is 12.2 Å². The van der Waals surface area contributed by atoms with Gasteiger partial charge in [0.25, 0.3) is 0 Å². The molecule has 0 unspecified atom stereocenters. The summed E-state index contributed by atoms with van der Waals surface area (Å²) in [7, 11) is 0. The summed E-state index contributed by atoms with van der Waals surface area (Å²) in [5.74, 6) is -1.38. The third-order valence-corrected chi connectivity index (χ3v) is 2.27. The van der Waals surface area contributed by atoms with E-state index in [1.54, 1.807) is 13.0 Å². The Bertz CT molecular complexity index is 341. The summed E-state index contributed by atoms with van der Waals surface area (Å²) >= 11 is 0. The van der Waals surface area contributed by atoms with Crippen LogP contribution in [-0.4, -0.2) is 35.4 Å². The maximum absolute atomic E-state index is 11.4. The Morgan fingerprint density at radius 3 is 2.28 bits per heavy atom. The Labute approximate surface area is 107 Å². The number of aliphatic hydroxyl groups is 1. The molecule has 102 valence electrons. The maximum Gasteiger partial charge on any atom is 0.333 e. The summed E-state index contributed by atoms with van der Waals surface area (Å²) in [4.78, 5) is 21.9. The normalized spacial score (nSPS) is 12.4. The van der Waals surface area contributed by atoms with Crippen LogP contribution in [0.3, 0.4) is 0 Å². The fourth-order valence-corrected chi connectivity index (χ4v) is 1.12. The van der Waals surface area contributed by atoms with Gasteiger partial charge in [0.2, 0.25) is 0 Å². The summed E-state index contributed by atoms with van der Waals surface area (Å²) in [5, 5.41) is 17.2. The Balaban J connectivity index is 3.93. The quantitative estimate of drug-likeness (QED) is 0.392. The Morgan fingerprint density at radius 2 is 1.72 bits per heavy atom. The van der Waals surface area contributed by atoms with Crippen LogP contribution in [-0.2, 0) is 14.3 Å². The van der Waals surface area contributed by atoms with Crippen molar-refractivity contribution in [2.75, 3.05) is 13.2 Å². The molecule has 0 aromatic rings. The lowest BCUT2D eigenvalue weighted by Crippen LogP contribution is -2.07. The van der Waals surface area contributed by atoms with Crippen LogP contribution in [0.4, 0.5) is 0 Å². The smallest absolute Gasteiger partial charge is 0.333 e. The SMILES string of the molecule is CC(=CCCOC(=O)C(C)=CCCCO)C(=O)O. The van der Waals surface area contributed by atoms with Crippen LogP contribution in [0.15, 0.2) is 23.3 Å². The average Bonchev–Trinajstić information content (AvgIpc) is 2.33. The van der Waals surface area contributed by atoms with E-state index in [4.69, 9.17) is 14.9 Å². The molecular formula is C13H20O5. The zero-order chi connectivity index (χ0) is 14.0. The van der Waals surface area contributed by atoms with Crippen LogP contribution >= 0.6 is 0 Å². The predicted octanol–water partition coefficient (Wildman–Crippen LogP) is 1.67. The zero-order valence-electron chi connectivity index (χ0n) is 10.8. The molecule has 0 saturated heterocycles. The number of carbonyl (C=O) groups is 2. The molecule has 0 aromatic heterocycles. The summed E-state index contributed by atoms with van der Waals surface area (Å²) in [6, 6.07) is 0. The number of esters is 1. The van der Waals surface area contributed by atoms with Gasteiger partial charge < -0.3 is 14.9 Å². The second kappa shape index (κ2) is 9.41. The highest BCUT2D eigenvalue weighted by Gasteiger charge is 2.04. The molecule has 0 aromatic carbocycles. The van der Waals surface area contributed by atoms with E-state index in [9.17, 15) is 9.59 Å². The molecule has 0 aliphatic heterocycles. The molecule has 0 radical (unpaired) electrons. The highest BCUT2D eigenvalue weighted by molar-refractivity contribution is 5.87. The first-order valence-electron chi connectivity index (χ1n) is 5.83. The van der Waals surface area contributed by atoms with Crippen molar-refractivity contribution < 1.29 is 24.5 Å². The van der Waals surface area contributed by atoms with Crippen molar-refractivity contribution in [3.8, 4) is 0 Å². The van der Waals surface area contributed by atoms with Crippen molar-refractivity contribution in [2.24, 2.45) is 0 Å². The number of ether oxygens (including phenoxy) is 1. The van der Waals surface area contributed by atoms with Gasteiger partial charge in [-0.05, 0) is 26.7 Å². The number of carbonyl (C=O) groups excluding carboxylic acids is 1. The molecule has 0 atom stereocenters. The number of aliphatic carboxylic acids is 1. The highest BCUT2D eigenvalue weighted by atomic mass is 16.5. The Hall–Kier alpha value is -1.62. The second-order valence-electron chi connectivity index (χ2n) is 3.87. The van der Waals surface area contributed by atoms with Crippen molar-refractivity contribution in [2.45, 2.75) is 33.1 Å². The van der Waals surface area contributed by atoms with Gasteiger partial charge in [-0.25, -0.2) is 9.59 Å². The first kappa shape index (κ1) is 16.4. The van der Waals surface area contributed by atoms with E-state index in [-0.39, 0.29) is 18.8 Å². The molecule has 0 rings (SSSR count). The molecule has 18 heavy (non-hydrogen) atoms. The molecule has 2 N–H and O–H groups in total. The molecule has 5 heteroatoms. The van der Waals surface area contributed by atoms with Crippen LogP contribution in [0.2, 0.25) is 0 Å². The van der Waals surface area contributed by atoms with Gasteiger partial charge in [-0.15, -0.1) is 0 Å². The average molecular weight is 256 g/mol. The van der Waals surface area contributed by atoms with Gasteiger partial charge in [-0.2, -0.15) is 0 Å². The fourth-order valence-electron chi connectivity index (χ4n) is 1.12. The van der Waals surface area contributed by atoms with Crippen molar-refractivity contribution in [3.63, 3.8) is 0 Å². The first-order valence-corrected chi connectivity index (χ1v) is 5.83. The number of aliphatic hydroxyl groups excluding tert-OH is 1. The lowest BCUT2D eigenvalue weighted by Gasteiger charge is -2.03. The lowest BCUT2D eigenvalue weighted by atomic mass is 10.2. The van der Waals surface area contributed by atoms with Crippen LogP contribution in [0.5, 0.6) is 0 Å². The molecule has 5 nitrogen and oxygen atoms in total. The number of allylic oxidation sites excluding steroid dienone is 1. The molecule has 0 spiro atoms. The third kappa shape index (κ3) is 7.62. The second-order valence-corrected chi connectivity index (χ2v) is 3.87. The summed E-state index contributed by atoms with van der Waals surface area (Å²) < 4.78 is 4.96. The Morgan fingerprint density at radius 1 is 1.11 bits per heavy atom. The van der Waals surface area contributed by atoms with Crippen molar-refractivity contribution in [3.05, 3.63) is 23.3 Å². The van der Waals surface area contributed by atoms with Crippen LogP contribution in [0.25, 0.3) is 0 Å². The summed E-state index contributed by atoms with van der Waals surface area (Å²) in [6.07, 6.45) is 4.87. The van der Waals surface area contributed by atoms with Crippen LogP contribution < -0.4 is 0 Å². The Kier molecular flexibility index (Phi) is 8.57. The maximum atomic E-state index is 11.4. The third-order valence-electron chi connectivity index (χ3n) is 2.27. The van der Waals surface area contributed by atoms with E-state index in [0.29, 0.717) is 24.8 Å². The zero-order valence-corrected chi connectivity index (χ0v) is 10.8. The molecule has 0 aliphatic carbocycles. The van der Waals surface area contributed by atoms with Crippen molar-refractivity contribution >= 4 is 11.9 Å². The van der Waals surface area contributed by atoms with E-state index in [1.165, 1.54) is 13.0 Å². The van der Waals surface area contributed by atoms with Gasteiger partial charge >= 0.3 is 11.9 Å². The minimum atomic E-state index is -0.971. The van der Waals surface area contributed by atoms with Gasteiger partial charge in [0, 0.05) is 24.2 Å². The van der Waals surface area contributed by atoms with E-state index >= 15 is 0 Å². The number of hydrogen-bond acceptors (Lipinski definition) is 4. The monoisotopic (exact) mass is 256 g/mol. The number of carboxylic acid groups (broad SMARTS) is 1. The van der Waals surface area contributed by atoms with Gasteiger partial charge in [-0.3, -0.25) is 0 Å². The molecule has 0 heterocycles. The van der Waals surface area contributed by atoms with E-state index in [2.05, 4.69) is 0 Å². The minimum Gasteiger partial charge on any atom is -0.478 e. The van der Waals surface area contributed by atoms with Gasteiger partial charge in [0.1, 0.15) is 0 Å². The number of carboxylic acids is 1. The van der Waals surface area contributed by atoms with Crippen LogP contribution in [0.1, 0.15) is 33.1 Å². The largest absolute Gasteiger partial charge is 0.478 e. The molecule has 0 fully saturated rings. The van der Waals surface area contributed by atoms with Gasteiger partial charge in [0.05, 0.1) is 6.61 Å². The molecule has 0 bridgehead atoms. The van der Waals surface area contributed by atoms with E-state index < -0.39 is 11.9 Å². The summed E-state index contributed by atoms with van der Waals surface area (Å²) in [6.45, 7) is 3.40. The van der Waals surface area contributed by atoms with Crippen molar-refractivity contribution in [1.29, 1.82) is 0 Å². The number of hydrogen-bond donors (Lipinski definition) is 2. The molecule has 0 aliphatic rings. The van der Waals surface area contributed by atoms with Gasteiger partial charge in [0.15, 0.2) is 0 Å². The number of unbranched alkanes of at least 4 members (excludes halogenated alkanes) is 1. The molecule has 0 saturated carbocycles. The topological polar surface area (TPSA) is 83.8 Å². The number of rotatable bonds is 8. The first-order chi connectivity index (χ1) is 8.49. The molecular weight excluding hydrogens is 236 g/mol. The summed E-state index contributed by atoms with van der Waals surface area (Å²) in [5.41, 5.74) is 0.739. The minimum absolute atomic E-state index is 0.0953. The van der Waals surface area contributed by atoms with E-state index in [1.807, 2.05) is 0 Å². The fraction of sp³-hybridized carbons (Fsp3) is 0.538. The lowest BCUT2D eigenvalue weighted by molar-refractivity contribution is -0.138. The van der Waals surface area contributed by atoms with Crippen molar-refractivity contribution in [1.82, 2.24) is 0 Å². The predicted molar refractivity (Wildman–Crippen MR) is 67.0 cm³/mol. The molecule has 0 amide bonds.